The molecule has 0 bridgehead atoms. The van der Waals surface area contributed by atoms with Gasteiger partial charge in [-0.2, -0.15) is 0 Å². The minimum atomic E-state index is -0.480. The average Bonchev–Trinajstić information content (AvgIpc) is 3.15. The molecule has 3 rings (SSSR count). The minimum Gasteiger partial charge on any atom is -0.483 e. The Morgan fingerprint density at radius 3 is 2.45 bits per heavy atom. The molecule has 1 aromatic heterocycles. The lowest BCUT2D eigenvalue weighted by Crippen LogP contribution is -2.16. The molecular formula is C21H21ClF2N4O2S. The lowest BCUT2D eigenvalue weighted by atomic mass is 10.3. The quantitative estimate of drug-likeness (QED) is 0.434. The SMILES string of the molecule is CC(Oc1ccc(F)cc1)c1nnc(SCC(=O)Nc2ccc(F)cc2Cl)n1C(C)C. The summed E-state index contributed by atoms with van der Waals surface area (Å²) in [5.41, 5.74) is 0.334. The van der Waals surface area contributed by atoms with Crippen molar-refractivity contribution in [3.63, 3.8) is 0 Å². The molecule has 0 radical (unpaired) electrons. The third kappa shape index (κ3) is 5.95. The van der Waals surface area contributed by atoms with E-state index < -0.39 is 11.9 Å². The molecular weight excluding hydrogens is 446 g/mol. The van der Waals surface area contributed by atoms with Crippen LogP contribution in [0.15, 0.2) is 47.6 Å². The highest BCUT2D eigenvalue weighted by Gasteiger charge is 2.22. The van der Waals surface area contributed by atoms with Crippen LogP contribution >= 0.6 is 23.4 Å². The Kier molecular flexibility index (Phi) is 7.50. The molecule has 0 aliphatic heterocycles. The zero-order chi connectivity index (χ0) is 22.5. The number of nitrogens with zero attached hydrogens (tertiary/aromatic N) is 3. The molecule has 3 aromatic rings. The molecule has 1 amide bonds. The molecule has 1 heterocycles. The van der Waals surface area contributed by atoms with E-state index in [1.54, 1.807) is 12.1 Å². The van der Waals surface area contributed by atoms with Crippen LogP contribution in [0.5, 0.6) is 5.75 Å². The number of carbonyl (C=O) groups is 1. The summed E-state index contributed by atoms with van der Waals surface area (Å²) < 4.78 is 34.0. The van der Waals surface area contributed by atoms with Crippen LogP contribution in [0.3, 0.4) is 0 Å². The van der Waals surface area contributed by atoms with Crippen molar-refractivity contribution >= 4 is 35.0 Å². The van der Waals surface area contributed by atoms with Gasteiger partial charge in [0.05, 0.1) is 16.5 Å². The molecule has 164 valence electrons. The van der Waals surface area contributed by atoms with E-state index in [1.807, 2.05) is 25.3 Å². The van der Waals surface area contributed by atoms with Crippen molar-refractivity contribution < 1.29 is 18.3 Å². The predicted octanol–water partition coefficient (Wildman–Crippen LogP) is 5.66. The minimum absolute atomic E-state index is 0.0152. The summed E-state index contributed by atoms with van der Waals surface area (Å²) in [7, 11) is 0. The maximum absolute atomic E-state index is 13.2. The number of anilines is 1. The molecule has 0 saturated heterocycles. The molecule has 6 nitrogen and oxygen atoms in total. The van der Waals surface area contributed by atoms with Gasteiger partial charge in [0.2, 0.25) is 5.91 Å². The summed E-state index contributed by atoms with van der Waals surface area (Å²) in [6.45, 7) is 5.77. The van der Waals surface area contributed by atoms with Gasteiger partial charge in [-0.3, -0.25) is 4.79 Å². The lowest BCUT2D eigenvalue weighted by molar-refractivity contribution is -0.113. The first kappa shape index (κ1) is 23.0. The summed E-state index contributed by atoms with van der Waals surface area (Å²) in [5.74, 6) is 0.0251. The van der Waals surface area contributed by atoms with Crippen molar-refractivity contribution in [3.05, 3.63) is 64.9 Å². The van der Waals surface area contributed by atoms with Gasteiger partial charge in [-0.25, -0.2) is 8.78 Å². The summed E-state index contributed by atoms with van der Waals surface area (Å²) in [6.07, 6.45) is -0.443. The van der Waals surface area contributed by atoms with E-state index in [0.29, 0.717) is 22.4 Å². The van der Waals surface area contributed by atoms with Crippen LogP contribution in [0.2, 0.25) is 5.02 Å². The van der Waals surface area contributed by atoms with Gasteiger partial charge < -0.3 is 14.6 Å². The number of hydrogen-bond acceptors (Lipinski definition) is 5. The van der Waals surface area contributed by atoms with Crippen molar-refractivity contribution in [2.75, 3.05) is 11.1 Å². The zero-order valence-electron chi connectivity index (χ0n) is 17.1. The van der Waals surface area contributed by atoms with Crippen LogP contribution in [0, 0.1) is 11.6 Å². The Morgan fingerprint density at radius 1 is 1.13 bits per heavy atom. The monoisotopic (exact) mass is 466 g/mol. The molecule has 1 N–H and O–H groups in total. The highest BCUT2D eigenvalue weighted by Crippen LogP contribution is 2.28. The van der Waals surface area contributed by atoms with Gasteiger partial charge in [0.1, 0.15) is 17.4 Å². The van der Waals surface area contributed by atoms with E-state index >= 15 is 0 Å². The molecule has 31 heavy (non-hydrogen) atoms. The first-order chi connectivity index (χ1) is 14.7. The Labute approximate surface area is 188 Å². The molecule has 10 heteroatoms. The molecule has 0 aliphatic rings. The third-order valence-electron chi connectivity index (χ3n) is 4.23. The fourth-order valence-corrected chi connectivity index (χ4v) is 3.92. The second kappa shape index (κ2) is 10.1. The van der Waals surface area contributed by atoms with E-state index in [-0.39, 0.29) is 28.5 Å². The number of ether oxygens (including phenoxy) is 1. The first-order valence-electron chi connectivity index (χ1n) is 9.49. The van der Waals surface area contributed by atoms with E-state index in [9.17, 15) is 13.6 Å². The maximum atomic E-state index is 13.2. The highest BCUT2D eigenvalue weighted by molar-refractivity contribution is 7.99. The van der Waals surface area contributed by atoms with Gasteiger partial charge in [-0.05, 0) is 63.2 Å². The topological polar surface area (TPSA) is 69.0 Å². The molecule has 0 fully saturated rings. The van der Waals surface area contributed by atoms with E-state index in [0.717, 1.165) is 6.07 Å². The van der Waals surface area contributed by atoms with Crippen LogP contribution in [0.4, 0.5) is 14.5 Å². The van der Waals surface area contributed by atoms with E-state index in [4.69, 9.17) is 16.3 Å². The van der Waals surface area contributed by atoms with Crippen molar-refractivity contribution in [2.24, 2.45) is 0 Å². The summed E-state index contributed by atoms with van der Waals surface area (Å²) >= 11 is 7.16. The normalized spacial score (nSPS) is 12.1. The van der Waals surface area contributed by atoms with Crippen molar-refractivity contribution in [2.45, 2.75) is 38.1 Å². The van der Waals surface area contributed by atoms with Gasteiger partial charge in [-0.15, -0.1) is 10.2 Å². The number of thioether (sulfide) groups is 1. The molecule has 0 aliphatic carbocycles. The number of nitrogens with one attached hydrogen (secondary N) is 1. The Balaban J connectivity index is 1.68. The average molecular weight is 467 g/mol. The van der Waals surface area contributed by atoms with Crippen molar-refractivity contribution in [1.29, 1.82) is 0 Å². The lowest BCUT2D eigenvalue weighted by Gasteiger charge is -2.18. The molecule has 1 unspecified atom stereocenters. The summed E-state index contributed by atoms with van der Waals surface area (Å²) in [5, 5.41) is 11.8. The number of aromatic nitrogens is 3. The van der Waals surface area contributed by atoms with Crippen LogP contribution < -0.4 is 10.1 Å². The van der Waals surface area contributed by atoms with E-state index in [2.05, 4.69) is 15.5 Å². The van der Waals surface area contributed by atoms with Gasteiger partial charge in [0.15, 0.2) is 17.1 Å². The zero-order valence-corrected chi connectivity index (χ0v) is 18.7. The van der Waals surface area contributed by atoms with Crippen molar-refractivity contribution in [3.8, 4) is 5.75 Å². The predicted molar refractivity (Wildman–Crippen MR) is 117 cm³/mol. The number of amides is 1. The summed E-state index contributed by atoms with van der Waals surface area (Å²) in [6, 6.07) is 9.51. The van der Waals surface area contributed by atoms with E-state index in [1.165, 1.54) is 36.0 Å². The first-order valence-corrected chi connectivity index (χ1v) is 10.9. The Bertz CT molecular complexity index is 1060. The second-order valence-corrected chi connectivity index (χ2v) is 8.33. The van der Waals surface area contributed by atoms with Crippen molar-refractivity contribution in [1.82, 2.24) is 14.8 Å². The molecule has 0 saturated carbocycles. The van der Waals surface area contributed by atoms with Gasteiger partial charge in [0, 0.05) is 6.04 Å². The Morgan fingerprint density at radius 2 is 1.81 bits per heavy atom. The molecule has 0 spiro atoms. The fraction of sp³-hybridized carbons (Fsp3) is 0.286. The molecule has 2 aromatic carbocycles. The Hall–Kier alpha value is -2.65. The molecule has 1 atom stereocenters. The van der Waals surface area contributed by atoms with Crippen LogP contribution in [-0.4, -0.2) is 26.4 Å². The number of carbonyl (C=O) groups excluding carboxylic acids is 1. The number of benzene rings is 2. The largest absolute Gasteiger partial charge is 0.483 e. The maximum Gasteiger partial charge on any atom is 0.234 e. The fourth-order valence-electron chi connectivity index (χ4n) is 2.83. The van der Waals surface area contributed by atoms with Crippen LogP contribution in [0.1, 0.15) is 38.7 Å². The number of halogens is 3. The summed E-state index contributed by atoms with van der Waals surface area (Å²) in [4.78, 5) is 12.3. The highest BCUT2D eigenvalue weighted by atomic mass is 35.5. The standard InChI is InChI=1S/C21H21ClF2N4O2S/c1-12(2)28-20(13(3)30-16-7-4-14(23)5-8-16)26-27-21(28)31-11-19(29)25-18-9-6-15(24)10-17(18)22/h4-10,12-13H,11H2,1-3H3,(H,25,29). The van der Waals surface area contributed by atoms with Gasteiger partial charge in [-0.1, -0.05) is 23.4 Å². The van der Waals surface area contributed by atoms with Crippen LogP contribution in [-0.2, 0) is 4.79 Å². The number of rotatable bonds is 8. The smallest absolute Gasteiger partial charge is 0.234 e. The number of hydrogen-bond donors (Lipinski definition) is 1. The third-order valence-corrected chi connectivity index (χ3v) is 5.49. The van der Waals surface area contributed by atoms with Gasteiger partial charge >= 0.3 is 0 Å². The second-order valence-electron chi connectivity index (χ2n) is 6.98. The van der Waals surface area contributed by atoms with Gasteiger partial charge in [0.25, 0.3) is 0 Å². The van der Waals surface area contributed by atoms with Crippen LogP contribution in [0.25, 0.3) is 0 Å².